The summed E-state index contributed by atoms with van der Waals surface area (Å²) in [5.41, 5.74) is -0.123. The third kappa shape index (κ3) is 4.31. The lowest BCUT2D eigenvalue weighted by Gasteiger charge is -2.21. The highest BCUT2D eigenvalue weighted by Gasteiger charge is 2.26. The summed E-state index contributed by atoms with van der Waals surface area (Å²) in [6, 6.07) is 7.23. The van der Waals surface area contributed by atoms with Gasteiger partial charge in [0.1, 0.15) is 11.4 Å². The molecule has 0 aliphatic heterocycles. The van der Waals surface area contributed by atoms with Crippen LogP contribution in [0.3, 0.4) is 0 Å². The zero-order valence-corrected chi connectivity index (χ0v) is 12.4. The summed E-state index contributed by atoms with van der Waals surface area (Å²) < 4.78 is 10.5. The smallest absolute Gasteiger partial charge is 0.256 e. The average molecular weight is 316 g/mol. The molecule has 0 saturated heterocycles. The standard InChI is InChI=1S/C13H18BrNO3/c1-13(2,17-3)12(16)15-10-4-6-11(7-5-10)18-9-8-14/h4-7H,8-9H2,1-3H3,(H,15,16). The average Bonchev–Trinajstić information content (AvgIpc) is 2.37. The number of hydrogen-bond acceptors (Lipinski definition) is 3. The summed E-state index contributed by atoms with van der Waals surface area (Å²) in [6.07, 6.45) is 0. The Hall–Kier alpha value is -1.07. The van der Waals surface area contributed by atoms with Crippen LogP contribution in [0.25, 0.3) is 0 Å². The van der Waals surface area contributed by atoms with E-state index in [9.17, 15) is 4.79 Å². The van der Waals surface area contributed by atoms with Gasteiger partial charge in [0, 0.05) is 18.1 Å². The number of rotatable bonds is 6. The van der Waals surface area contributed by atoms with Crippen molar-refractivity contribution in [3.63, 3.8) is 0 Å². The largest absolute Gasteiger partial charge is 0.493 e. The minimum atomic E-state index is -0.842. The maximum Gasteiger partial charge on any atom is 0.256 e. The van der Waals surface area contributed by atoms with Gasteiger partial charge in [0.25, 0.3) is 5.91 Å². The van der Waals surface area contributed by atoms with Gasteiger partial charge in [0.05, 0.1) is 6.61 Å². The van der Waals surface area contributed by atoms with Crippen molar-refractivity contribution in [2.75, 3.05) is 24.4 Å². The maximum absolute atomic E-state index is 11.8. The van der Waals surface area contributed by atoms with Crippen LogP contribution < -0.4 is 10.1 Å². The lowest BCUT2D eigenvalue weighted by atomic mass is 10.1. The minimum Gasteiger partial charge on any atom is -0.493 e. The Morgan fingerprint density at radius 2 is 1.94 bits per heavy atom. The predicted molar refractivity (Wildman–Crippen MR) is 75.4 cm³/mol. The van der Waals surface area contributed by atoms with Crippen LogP contribution in [0.1, 0.15) is 13.8 Å². The van der Waals surface area contributed by atoms with Crippen LogP contribution in [-0.4, -0.2) is 30.6 Å². The van der Waals surface area contributed by atoms with Crippen molar-refractivity contribution in [1.82, 2.24) is 0 Å². The third-order valence-electron chi connectivity index (χ3n) is 2.52. The molecule has 0 fully saturated rings. The van der Waals surface area contributed by atoms with E-state index in [-0.39, 0.29) is 5.91 Å². The van der Waals surface area contributed by atoms with Crippen LogP contribution in [0.5, 0.6) is 5.75 Å². The van der Waals surface area contributed by atoms with Crippen molar-refractivity contribution < 1.29 is 14.3 Å². The molecule has 1 rings (SSSR count). The van der Waals surface area contributed by atoms with E-state index >= 15 is 0 Å². The molecular formula is C13H18BrNO3. The number of benzene rings is 1. The molecule has 18 heavy (non-hydrogen) atoms. The number of ether oxygens (including phenoxy) is 2. The van der Waals surface area contributed by atoms with E-state index in [0.29, 0.717) is 6.61 Å². The summed E-state index contributed by atoms with van der Waals surface area (Å²) in [4.78, 5) is 11.8. The highest BCUT2D eigenvalue weighted by molar-refractivity contribution is 9.09. The van der Waals surface area contributed by atoms with Gasteiger partial charge in [-0.3, -0.25) is 4.79 Å². The van der Waals surface area contributed by atoms with Gasteiger partial charge in [-0.2, -0.15) is 0 Å². The van der Waals surface area contributed by atoms with Gasteiger partial charge in [-0.25, -0.2) is 0 Å². The molecule has 0 radical (unpaired) electrons. The second kappa shape index (κ2) is 6.75. The first kappa shape index (κ1) is 15.0. The fraction of sp³-hybridized carbons (Fsp3) is 0.462. The quantitative estimate of drug-likeness (QED) is 0.821. The number of halogens is 1. The minimum absolute atomic E-state index is 0.181. The molecule has 100 valence electrons. The molecule has 0 atom stereocenters. The topological polar surface area (TPSA) is 47.6 Å². The summed E-state index contributed by atoms with van der Waals surface area (Å²) in [6.45, 7) is 4.05. The number of hydrogen-bond donors (Lipinski definition) is 1. The van der Waals surface area contributed by atoms with Crippen LogP contribution in [0.15, 0.2) is 24.3 Å². The summed E-state index contributed by atoms with van der Waals surface area (Å²) in [5.74, 6) is 0.595. The van der Waals surface area contributed by atoms with Crippen LogP contribution in [0.4, 0.5) is 5.69 Å². The Morgan fingerprint density at radius 1 is 1.33 bits per heavy atom. The molecule has 4 nitrogen and oxygen atoms in total. The number of methoxy groups -OCH3 is 1. The summed E-state index contributed by atoms with van der Waals surface area (Å²) in [5, 5.41) is 3.57. The molecule has 0 aliphatic rings. The molecule has 1 N–H and O–H groups in total. The molecular weight excluding hydrogens is 298 g/mol. The lowest BCUT2D eigenvalue weighted by Crippen LogP contribution is -2.38. The molecule has 0 unspecified atom stereocenters. The van der Waals surface area contributed by atoms with Gasteiger partial charge < -0.3 is 14.8 Å². The first-order valence-corrected chi connectivity index (χ1v) is 6.77. The van der Waals surface area contributed by atoms with Gasteiger partial charge in [-0.05, 0) is 38.1 Å². The molecule has 0 aliphatic carbocycles. The Morgan fingerprint density at radius 3 is 2.44 bits per heavy atom. The van der Waals surface area contributed by atoms with E-state index in [1.165, 1.54) is 7.11 Å². The predicted octanol–water partition coefficient (Wildman–Crippen LogP) is 2.82. The van der Waals surface area contributed by atoms with E-state index in [1.807, 2.05) is 12.1 Å². The molecule has 1 amide bonds. The van der Waals surface area contributed by atoms with Gasteiger partial charge in [0.15, 0.2) is 0 Å². The Bertz CT molecular complexity index is 390. The monoisotopic (exact) mass is 315 g/mol. The maximum atomic E-state index is 11.8. The van der Waals surface area contributed by atoms with Crippen molar-refractivity contribution in [3.8, 4) is 5.75 Å². The van der Waals surface area contributed by atoms with Crippen molar-refractivity contribution >= 4 is 27.5 Å². The third-order valence-corrected chi connectivity index (χ3v) is 2.84. The van der Waals surface area contributed by atoms with Crippen LogP contribution >= 0.6 is 15.9 Å². The zero-order chi connectivity index (χ0) is 13.6. The van der Waals surface area contributed by atoms with E-state index < -0.39 is 5.60 Å². The van der Waals surface area contributed by atoms with E-state index in [0.717, 1.165) is 16.8 Å². The SMILES string of the molecule is COC(C)(C)C(=O)Nc1ccc(OCCBr)cc1. The van der Waals surface area contributed by atoms with Crippen LogP contribution in [0, 0.1) is 0 Å². The zero-order valence-electron chi connectivity index (χ0n) is 10.8. The van der Waals surface area contributed by atoms with Crippen molar-refractivity contribution in [2.24, 2.45) is 0 Å². The fourth-order valence-electron chi connectivity index (χ4n) is 1.17. The number of nitrogens with one attached hydrogen (secondary N) is 1. The van der Waals surface area contributed by atoms with Crippen molar-refractivity contribution in [2.45, 2.75) is 19.4 Å². The molecule has 0 spiro atoms. The number of alkyl halides is 1. The van der Waals surface area contributed by atoms with E-state index in [1.54, 1.807) is 26.0 Å². The van der Waals surface area contributed by atoms with E-state index in [2.05, 4.69) is 21.2 Å². The van der Waals surface area contributed by atoms with Crippen LogP contribution in [0.2, 0.25) is 0 Å². The highest BCUT2D eigenvalue weighted by atomic mass is 79.9. The molecule has 0 saturated carbocycles. The Labute approximate surface area is 116 Å². The molecule has 0 bridgehead atoms. The first-order valence-electron chi connectivity index (χ1n) is 5.65. The summed E-state index contributed by atoms with van der Waals surface area (Å²) >= 11 is 3.29. The normalized spacial score (nSPS) is 11.1. The molecule has 0 aromatic heterocycles. The Balaban J connectivity index is 2.61. The number of carbonyl (C=O) groups is 1. The number of carbonyl (C=O) groups excluding carboxylic acids is 1. The second-order valence-electron chi connectivity index (χ2n) is 4.23. The van der Waals surface area contributed by atoms with Gasteiger partial charge in [0.2, 0.25) is 0 Å². The number of anilines is 1. The first-order chi connectivity index (χ1) is 8.49. The summed E-state index contributed by atoms with van der Waals surface area (Å²) in [7, 11) is 1.51. The fourth-order valence-corrected chi connectivity index (χ4v) is 1.33. The molecule has 5 heteroatoms. The van der Waals surface area contributed by atoms with Gasteiger partial charge >= 0.3 is 0 Å². The highest BCUT2D eigenvalue weighted by Crippen LogP contribution is 2.18. The molecule has 0 heterocycles. The molecule has 1 aromatic rings. The van der Waals surface area contributed by atoms with Crippen LogP contribution in [-0.2, 0) is 9.53 Å². The molecule has 1 aromatic carbocycles. The van der Waals surface area contributed by atoms with Crippen molar-refractivity contribution in [1.29, 1.82) is 0 Å². The number of amides is 1. The lowest BCUT2D eigenvalue weighted by molar-refractivity contribution is -0.133. The Kier molecular flexibility index (Phi) is 5.62. The van der Waals surface area contributed by atoms with Gasteiger partial charge in [-0.15, -0.1) is 0 Å². The second-order valence-corrected chi connectivity index (χ2v) is 5.02. The van der Waals surface area contributed by atoms with Gasteiger partial charge in [-0.1, -0.05) is 15.9 Å². The van der Waals surface area contributed by atoms with Crippen molar-refractivity contribution in [3.05, 3.63) is 24.3 Å². The van der Waals surface area contributed by atoms with E-state index in [4.69, 9.17) is 9.47 Å².